The maximum atomic E-state index is 12.2. The molecule has 112 valence electrons. The number of carboxylic acids is 1. The summed E-state index contributed by atoms with van der Waals surface area (Å²) < 4.78 is 62.3. The maximum Gasteiger partial charge on any atom is 0.534 e. The Hall–Kier alpha value is -2.29. The van der Waals surface area contributed by atoms with Gasteiger partial charge in [0.2, 0.25) is 0 Å². The zero-order valence-electron chi connectivity index (χ0n) is 10.1. The highest BCUT2D eigenvalue weighted by Gasteiger charge is 2.48. The molecule has 9 heteroatoms. The molecule has 0 saturated heterocycles. The Kier molecular flexibility index (Phi) is 3.54. The number of aromatic carboxylic acids is 1. The van der Waals surface area contributed by atoms with Gasteiger partial charge >= 0.3 is 21.6 Å². The molecule has 0 heterocycles. The third-order valence-electron chi connectivity index (χ3n) is 2.55. The van der Waals surface area contributed by atoms with Crippen LogP contribution in [0.2, 0.25) is 0 Å². The number of hydrogen-bond donors (Lipinski definition) is 1. The predicted octanol–water partition coefficient (Wildman–Crippen LogP) is 2.77. The third kappa shape index (κ3) is 3.07. The van der Waals surface area contributed by atoms with E-state index in [1.807, 2.05) is 0 Å². The molecule has 0 fully saturated rings. The van der Waals surface area contributed by atoms with E-state index in [1.54, 1.807) is 0 Å². The van der Waals surface area contributed by atoms with Gasteiger partial charge in [-0.2, -0.15) is 21.6 Å². The minimum Gasteiger partial charge on any atom is -0.478 e. The van der Waals surface area contributed by atoms with Gasteiger partial charge in [0.15, 0.2) is 0 Å². The topological polar surface area (TPSA) is 80.7 Å². The summed E-state index contributed by atoms with van der Waals surface area (Å²) in [6.07, 6.45) is 0. The van der Waals surface area contributed by atoms with Crippen LogP contribution in [-0.2, 0) is 10.1 Å². The van der Waals surface area contributed by atoms with Crippen LogP contribution >= 0.6 is 0 Å². The molecule has 1 N–H and O–H groups in total. The number of rotatable bonds is 3. The van der Waals surface area contributed by atoms with E-state index < -0.39 is 27.3 Å². The summed E-state index contributed by atoms with van der Waals surface area (Å²) in [5, 5.41) is 9.58. The minimum absolute atomic E-state index is 0.000851. The largest absolute Gasteiger partial charge is 0.534 e. The lowest BCUT2D eigenvalue weighted by molar-refractivity contribution is -0.0500. The van der Waals surface area contributed by atoms with Crippen molar-refractivity contribution in [3.05, 3.63) is 42.0 Å². The molecule has 0 saturated carbocycles. The van der Waals surface area contributed by atoms with Crippen molar-refractivity contribution < 1.29 is 35.7 Å². The van der Waals surface area contributed by atoms with Gasteiger partial charge < -0.3 is 9.29 Å². The third-order valence-corrected chi connectivity index (χ3v) is 3.53. The zero-order valence-corrected chi connectivity index (χ0v) is 10.9. The normalized spacial score (nSPS) is 12.3. The molecule has 0 atom stereocenters. The molecule has 2 rings (SSSR count). The monoisotopic (exact) mass is 320 g/mol. The van der Waals surface area contributed by atoms with Gasteiger partial charge in [-0.05, 0) is 35.0 Å². The Morgan fingerprint density at radius 3 is 2.19 bits per heavy atom. The van der Waals surface area contributed by atoms with Crippen LogP contribution in [0, 0.1) is 0 Å². The summed E-state index contributed by atoms with van der Waals surface area (Å²) in [5.74, 6) is -1.67. The number of halogens is 3. The van der Waals surface area contributed by atoms with Crippen molar-refractivity contribution in [2.45, 2.75) is 5.51 Å². The molecule has 0 amide bonds. The van der Waals surface area contributed by atoms with Crippen LogP contribution in [0.1, 0.15) is 10.4 Å². The van der Waals surface area contributed by atoms with Crippen molar-refractivity contribution in [3.63, 3.8) is 0 Å². The smallest absolute Gasteiger partial charge is 0.478 e. The maximum absolute atomic E-state index is 12.2. The fourth-order valence-electron chi connectivity index (χ4n) is 1.58. The molecule has 0 radical (unpaired) electrons. The predicted molar refractivity (Wildman–Crippen MR) is 66.5 cm³/mol. The van der Waals surface area contributed by atoms with Crippen LogP contribution in [0.4, 0.5) is 13.2 Å². The van der Waals surface area contributed by atoms with Crippen LogP contribution < -0.4 is 4.18 Å². The molecule has 0 aliphatic rings. The summed E-state index contributed by atoms with van der Waals surface area (Å²) in [5.41, 5.74) is -5.52. The van der Waals surface area contributed by atoms with Crippen molar-refractivity contribution in [2.24, 2.45) is 0 Å². The van der Waals surface area contributed by atoms with Crippen LogP contribution in [0.3, 0.4) is 0 Å². The van der Waals surface area contributed by atoms with Gasteiger partial charge in [-0.3, -0.25) is 0 Å². The molecule has 5 nitrogen and oxygen atoms in total. The van der Waals surface area contributed by atoms with E-state index in [1.165, 1.54) is 24.3 Å². The van der Waals surface area contributed by atoms with Crippen molar-refractivity contribution in [1.29, 1.82) is 0 Å². The molecular weight excluding hydrogens is 313 g/mol. The number of carbonyl (C=O) groups is 1. The molecule has 0 unspecified atom stereocenters. The number of benzene rings is 2. The average Bonchev–Trinajstić information content (AvgIpc) is 2.36. The van der Waals surface area contributed by atoms with Crippen molar-refractivity contribution in [3.8, 4) is 5.75 Å². The van der Waals surface area contributed by atoms with Crippen molar-refractivity contribution in [1.82, 2.24) is 0 Å². The van der Waals surface area contributed by atoms with E-state index in [0.29, 0.717) is 10.8 Å². The van der Waals surface area contributed by atoms with E-state index >= 15 is 0 Å². The highest BCUT2D eigenvalue weighted by Crippen LogP contribution is 2.29. The van der Waals surface area contributed by atoms with Crippen LogP contribution in [0.15, 0.2) is 36.4 Å². The zero-order chi connectivity index (χ0) is 15.8. The summed E-state index contributed by atoms with van der Waals surface area (Å²) in [7, 11) is -5.74. The van der Waals surface area contributed by atoms with Gasteiger partial charge in [0.05, 0.1) is 5.56 Å². The van der Waals surface area contributed by atoms with E-state index in [2.05, 4.69) is 4.18 Å². The first-order chi connectivity index (χ1) is 9.60. The Bertz CT molecular complexity index is 811. The lowest BCUT2D eigenvalue weighted by Gasteiger charge is -2.10. The molecule has 0 bridgehead atoms. The first-order valence-electron chi connectivity index (χ1n) is 5.38. The summed E-state index contributed by atoms with van der Waals surface area (Å²) in [6, 6.07) is 7.24. The Labute approximate surface area is 116 Å². The molecule has 0 spiro atoms. The number of fused-ring (bicyclic) bond motifs is 1. The Morgan fingerprint density at radius 1 is 1.05 bits per heavy atom. The lowest BCUT2D eigenvalue weighted by Crippen LogP contribution is -2.28. The lowest BCUT2D eigenvalue weighted by atomic mass is 10.1. The van der Waals surface area contributed by atoms with Crippen molar-refractivity contribution >= 4 is 26.9 Å². The minimum atomic E-state index is -5.74. The Morgan fingerprint density at radius 2 is 1.62 bits per heavy atom. The number of alkyl halides is 3. The molecular formula is C12H7F3O5S. The van der Waals surface area contributed by atoms with Crippen LogP contribution in [-0.4, -0.2) is 25.0 Å². The van der Waals surface area contributed by atoms with Gasteiger partial charge in [0.1, 0.15) is 5.75 Å². The van der Waals surface area contributed by atoms with Crippen molar-refractivity contribution in [2.75, 3.05) is 0 Å². The van der Waals surface area contributed by atoms with Gasteiger partial charge in [-0.25, -0.2) is 4.79 Å². The second-order valence-corrected chi connectivity index (χ2v) is 5.55. The summed E-state index contributed by atoms with van der Waals surface area (Å²) in [4.78, 5) is 10.8. The SMILES string of the molecule is O=C(O)c1ccc2cc(OS(=O)(=O)C(F)(F)F)ccc2c1. The van der Waals surface area contributed by atoms with E-state index in [-0.39, 0.29) is 5.56 Å². The second kappa shape index (κ2) is 4.92. The van der Waals surface area contributed by atoms with Crippen LogP contribution in [0.5, 0.6) is 5.75 Å². The average molecular weight is 320 g/mol. The number of hydrogen-bond acceptors (Lipinski definition) is 4. The molecule has 0 aliphatic carbocycles. The fourth-order valence-corrected chi connectivity index (χ4v) is 2.03. The first-order valence-corrected chi connectivity index (χ1v) is 6.79. The highest BCUT2D eigenvalue weighted by atomic mass is 32.2. The number of carboxylic acid groups (broad SMARTS) is 1. The highest BCUT2D eigenvalue weighted by molar-refractivity contribution is 7.88. The van der Waals surface area contributed by atoms with Gasteiger partial charge in [0.25, 0.3) is 0 Å². The quantitative estimate of drug-likeness (QED) is 0.695. The fraction of sp³-hybridized carbons (Fsp3) is 0.0833. The molecule has 2 aromatic carbocycles. The molecule has 0 aliphatic heterocycles. The standard InChI is InChI=1S/C12H7F3O5S/c13-12(14,15)21(18,19)20-10-4-3-7-5-9(11(16)17)2-1-8(7)6-10/h1-6H,(H,16,17). The molecule has 21 heavy (non-hydrogen) atoms. The van der Waals surface area contributed by atoms with E-state index in [9.17, 15) is 26.4 Å². The first kappa shape index (κ1) is 15.1. The van der Waals surface area contributed by atoms with Gasteiger partial charge in [-0.1, -0.05) is 12.1 Å². The second-order valence-electron chi connectivity index (χ2n) is 4.01. The van der Waals surface area contributed by atoms with Gasteiger partial charge in [-0.15, -0.1) is 0 Å². The van der Waals surface area contributed by atoms with Crippen LogP contribution in [0.25, 0.3) is 10.8 Å². The molecule has 2 aromatic rings. The van der Waals surface area contributed by atoms with E-state index in [4.69, 9.17) is 5.11 Å². The van der Waals surface area contributed by atoms with Gasteiger partial charge in [0, 0.05) is 0 Å². The summed E-state index contributed by atoms with van der Waals surface area (Å²) >= 11 is 0. The molecule has 0 aromatic heterocycles. The Balaban J connectivity index is 2.41. The van der Waals surface area contributed by atoms with E-state index in [0.717, 1.165) is 12.1 Å². The summed E-state index contributed by atoms with van der Waals surface area (Å²) in [6.45, 7) is 0.